The van der Waals surface area contributed by atoms with Gasteiger partial charge in [-0.2, -0.15) is 0 Å². The molecule has 0 unspecified atom stereocenters. The largest absolute Gasteiger partial charge is 0.311 e. The maximum absolute atomic E-state index is 2.51. The summed E-state index contributed by atoms with van der Waals surface area (Å²) in [6.45, 7) is 9.67. The first kappa shape index (κ1) is 33.3. The van der Waals surface area contributed by atoms with Gasteiger partial charge < -0.3 is 9.80 Å². The molecule has 7 aromatic carbocycles. The van der Waals surface area contributed by atoms with Crippen molar-refractivity contribution >= 4 is 34.1 Å². The molecule has 1 aliphatic rings. The second-order valence-corrected chi connectivity index (χ2v) is 15.3. The standard InChI is InChI=1S/C50H46N2/c1-49(2)35-36-50(3,4)48-45(49)24-16-26-47(48)52(46-25-15-14-23-44(46)39-17-8-5-9-18-39)43-33-29-38(30-34-43)37-27-31-42(32-28-37)51(40-19-10-6-11-20-40)41-21-12-7-13-22-41/h5-34H,35-36H2,1-4H3. The molecule has 0 heterocycles. The molecule has 0 radical (unpaired) electrons. The maximum atomic E-state index is 2.51. The van der Waals surface area contributed by atoms with Crippen molar-refractivity contribution in [3.63, 3.8) is 0 Å². The Kier molecular flexibility index (Phi) is 8.77. The van der Waals surface area contributed by atoms with Crippen LogP contribution in [0.3, 0.4) is 0 Å². The van der Waals surface area contributed by atoms with Gasteiger partial charge >= 0.3 is 0 Å². The van der Waals surface area contributed by atoms with Crippen molar-refractivity contribution in [2.24, 2.45) is 0 Å². The van der Waals surface area contributed by atoms with E-state index in [9.17, 15) is 0 Å². The zero-order valence-electron chi connectivity index (χ0n) is 30.6. The van der Waals surface area contributed by atoms with E-state index in [1.807, 2.05) is 0 Å². The van der Waals surface area contributed by atoms with Gasteiger partial charge in [-0.1, -0.05) is 149 Å². The number of para-hydroxylation sites is 3. The van der Waals surface area contributed by atoms with E-state index in [4.69, 9.17) is 0 Å². The minimum atomic E-state index is 0.0382. The summed E-state index contributed by atoms with van der Waals surface area (Å²) in [5.74, 6) is 0. The topological polar surface area (TPSA) is 6.48 Å². The van der Waals surface area contributed by atoms with Crippen molar-refractivity contribution in [2.75, 3.05) is 9.80 Å². The molecule has 0 spiro atoms. The molecule has 0 saturated heterocycles. The van der Waals surface area contributed by atoms with Crippen LogP contribution in [-0.4, -0.2) is 0 Å². The highest BCUT2D eigenvalue weighted by atomic mass is 15.2. The van der Waals surface area contributed by atoms with Crippen LogP contribution in [-0.2, 0) is 10.8 Å². The van der Waals surface area contributed by atoms with Gasteiger partial charge in [-0.25, -0.2) is 0 Å². The fourth-order valence-corrected chi connectivity index (χ4v) is 8.03. The molecule has 7 aromatic rings. The van der Waals surface area contributed by atoms with Crippen LogP contribution in [0.5, 0.6) is 0 Å². The van der Waals surface area contributed by atoms with Gasteiger partial charge in [-0.05, 0) is 112 Å². The SMILES string of the molecule is CC1(C)CCC(C)(C)c2c(N(c3ccc(-c4ccc(N(c5ccccc5)c5ccccc5)cc4)cc3)c3ccccc3-c3ccccc3)cccc21. The second-order valence-electron chi connectivity index (χ2n) is 15.3. The molecule has 0 aliphatic heterocycles. The third-order valence-corrected chi connectivity index (χ3v) is 10.9. The van der Waals surface area contributed by atoms with Gasteiger partial charge in [0.1, 0.15) is 0 Å². The van der Waals surface area contributed by atoms with E-state index in [2.05, 4.69) is 219 Å². The summed E-state index contributed by atoms with van der Waals surface area (Å²) in [5, 5.41) is 0. The summed E-state index contributed by atoms with van der Waals surface area (Å²) in [6.07, 6.45) is 2.33. The van der Waals surface area contributed by atoms with Crippen LogP contribution >= 0.6 is 0 Å². The first-order valence-electron chi connectivity index (χ1n) is 18.5. The molecule has 1 aliphatic carbocycles. The zero-order valence-corrected chi connectivity index (χ0v) is 30.6. The third kappa shape index (κ3) is 6.31. The Morgan fingerprint density at radius 1 is 0.346 bits per heavy atom. The fraction of sp³-hybridized carbons (Fsp3) is 0.160. The molecule has 0 bridgehead atoms. The van der Waals surface area contributed by atoms with Crippen LogP contribution in [0.1, 0.15) is 51.7 Å². The van der Waals surface area contributed by atoms with Gasteiger partial charge in [-0.3, -0.25) is 0 Å². The highest BCUT2D eigenvalue weighted by Crippen LogP contribution is 2.52. The van der Waals surface area contributed by atoms with E-state index in [1.54, 1.807) is 0 Å². The number of hydrogen-bond donors (Lipinski definition) is 0. The highest BCUT2D eigenvalue weighted by Gasteiger charge is 2.40. The molecule has 0 fully saturated rings. The first-order valence-corrected chi connectivity index (χ1v) is 18.5. The molecule has 256 valence electrons. The van der Waals surface area contributed by atoms with E-state index in [0.29, 0.717) is 0 Å². The average Bonchev–Trinajstić information content (AvgIpc) is 3.19. The lowest BCUT2D eigenvalue weighted by Crippen LogP contribution is -2.35. The number of rotatable bonds is 8. The van der Waals surface area contributed by atoms with Crippen molar-refractivity contribution in [3.05, 3.63) is 193 Å². The summed E-state index contributed by atoms with van der Waals surface area (Å²) in [7, 11) is 0. The third-order valence-electron chi connectivity index (χ3n) is 10.9. The molecule has 2 nitrogen and oxygen atoms in total. The molecule has 8 rings (SSSR count). The molecule has 0 amide bonds. The quantitative estimate of drug-likeness (QED) is 0.158. The van der Waals surface area contributed by atoms with Gasteiger partial charge in [0.05, 0.1) is 11.4 Å². The summed E-state index contributed by atoms with van der Waals surface area (Å²) >= 11 is 0. The summed E-state index contributed by atoms with van der Waals surface area (Å²) in [4.78, 5) is 4.81. The monoisotopic (exact) mass is 674 g/mol. The smallest absolute Gasteiger partial charge is 0.0540 e. The fourth-order valence-electron chi connectivity index (χ4n) is 8.03. The van der Waals surface area contributed by atoms with E-state index in [-0.39, 0.29) is 10.8 Å². The van der Waals surface area contributed by atoms with Crippen molar-refractivity contribution in [3.8, 4) is 22.3 Å². The van der Waals surface area contributed by atoms with Crippen LogP contribution < -0.4 is 9.80 Å². The van der Waals surface area contributed by atoms with Crippen molar-refractivity contribution in [1.82, 2.24) is 0 Å². The van der Waals surface area contributed by atoms with E-state index >= 15 is 0 Å². The number of fused-ring (bicyclic) bond motifs is 1. The number of nitrogens with zero attached hydrogens (tertiary/aromatic N) is 2. The van der Waals surface area contributed by atoms with Gasteiger partial charge in [-0.15, -0.1) is 0 Å². The van der Waals surface area contributed by atoms with Crippen molar-refractivity contribution in [1.29, 1.82) is 0 Å². The second kappa shape index (κ2) is 13.7. The van der Waals surface area contributed by atoms with Gasteiger partial charge in [0.2, 0.25) is 0 Å². The van der Waals surface area contributed by atoms with Crippen molar-refractivity contribution < 1.29 is 0 Å². The first-order chi connectivity index (χ1) is 25.3. The van der Waals surface area contributed by atoms with Crippen LogP contribution in [0.2, 0.25) is 0 Å². The van der Waals surface area contributed by atoms with E-state index in [1.165, 1.54) is 51.2 Å². The Labute approximate surface area is 309 Å². The van der Waals surface area contributed by atoms with Crippen LogP contribution in [0, 0.1) is 0 Å². The molecule has 52 heavy (non-hydrogen) atoms. The lowest BCUT2D eigenvalue weighted by molar-refractivity contribution is 0.332. The van der Waals surface area contributed by atoms with E-state index < -0.39 is 0 Å². The van der Waals surface area contributed by atoms with Gasteiger partial charge in [0.15, 0.2) is 0 Å². The Hall–Kier alpha value is -5.86. The molecule has 0 saturated carbocycles. The number of benzene rings is 7. The zero-order chi connectivity index (χ0) is 35.7. The molecule has 0 atom stereocenters. The molecule has 0 aromatic heterocycles. The highest BCUT2D eigenvalue weighted by molar-refractivity contribution is 5.90. The average molecular weight is 675 g/mol. The van der Waals surface area contributed by atoms with Gasteiger partial charge in [0.25, 0.3) is 0 Å². The Morgan fingerprint density at radius 2 is 0.788 bits per heavy atom. The number of hydrogen-bond acceptors (Lipinski definition) is 2. The lowest BCUT2D eigenvalue weighted by atomic mass is 9.62. The Balaban J connectivity index is 1.22. The summed E-state index contributed by atoms with van der Waals surface area (Å²) < 4.78 is 0. The Bertz CT molecular complexity index is 2230. The minimum absolute atomic E-state index is 0.0382. The van der Waals surface area contributed by atoms with E-state index in [0.717, 1.165) is 29.2 Å². The molecule has 2 heteroatoms. The predicted molar refractivity (Wildman–Crippen MR) is 222 cm³/mol. The summed E-state index contributed by atoms with van der Waals surface area (Å²) in [6, 6.07) is 65.8. The Morgan fingerprint density at radius 3 is 1.37 bits per heavy atom. The van der Waals surface area contributed by atoms with Crippen LogP contribution in [0.4, 0.5) is 34.1 Å². The van der Waals surface area contributed by atoms with Crippen LogP contribution in [0.25, 0.3) is 22.3 Å². The predicted octanol–water partition coefficient (Wildman–Crippen LogP) is 14.3. The maximum Gasteiger partial charge on any atom is 0.0540 e. The molecule has 0 N–H and O–H groups in total. The normalized spacial score (nSPS) is 14.3. The minimum Gasteiger partial charge on any atom is -0.311 e. The van der Waals surface area contributed by atoms with Crippen molar-refractivity contribution in [2.45, 2.75) is 51.4 Å². The molecular formula is C50H46N2. The summed E-state index contributed by atoms with van der Waals surface area (Å²) in [5.41, 5.74) is 14.9. The van der Waals surface area contributed by atoms with Crippen LogP contribution in [0.15, 0.2) is 182 Å². The number of anilines is 6. The molecular weight excluding hydrogens is 629 g/mol. The lowest BCUT2D eigenvalue weighted by Gasteiger charge is -2.44. The van der Waals surface area contributed by atoms with Gasteiger partial charge in [0, 0.05) is 28.3 Å².